The Balaban J connectivity index is 1.94. The molecule has 0 bridgehead atoms. The third-order valence-electron chi connectivity index (χ3n) is 7.08. The second-order valence-corrected chi connectivity index (χ2v) is 9.71. The zero-order valence-electron chi connectivity index (χ0n) is 19.1. The molecule has 3 N–H and O–H groups in total. The third-order valence-corrected chi connectivity index (χ3v) is 7.58. The highest BCUT2D eigenvalue weighted by Crippen LogP contribution is 2.56. The minimum atomic E-state index is -1.68. The highest BCUT2D eigenvalue weighted by atomic mass is 79.9. The van der Waals surface area contributed by atoms with Crippen molar-refractivity contribution in [2.75, 3.05) is 17.3 Å². The first kappa shape index (κ1) is 22.4. The molecule has 3 aliphatic rings. The summed E-state index contributed by atoms with van der Waals surface area (Å²) in [5, 5.41) is 2.88. The van der Waals surface area contributed by atoms with Crippen LogP contribution in [0.1, 0.15) is 36.0 Å². The molecule has 1 unspecified atom stereocenters. The average Bonchev–Trinajstić information content (AvgIpc) is 3.08. The number of methoxy groups -OCH3 is 1. The van der Waals surface area contributed by atoms with Crippen molar-refractivity contribution in [1.29, 1.82) is 0 Å². The lowest BCUT2D eigenvalue weighted by atomic mass is 9.63. The molecule has 174 valence electrons. The van der Waals surface area contributed by atoms with Crippen LogP contribution in [0.3, 0.4) is 0 Å². The van der Waals surface area contributed by atoms with Gasteiger partial charge in [-0.05, 0) is 62.1 Å². The van der Waals surface area contributed by atoms with Crippen LogP contribution in [-0.4, -0.2) is 24.8 Å². The van der Waals surface area contributed by atoms with Gasteiger partial charge in [0.2, 0.25) is 5.91 Å². The first-order valence-electron chi connectivity index (χ1n) is 11.1. The van der Waals surface area contributed by atoms with Crippen molar-refractivity contribution in [2.24, 2.45) is 5.73 Å². The molecule has 0 radical (unpaired) electrons. The van der Waals surface area contributed by atoms with Crippen molar-refractivity contribution in [3.63, 3.8) is 0 Å². The Kier molecular flexibility index (Phi) is 5.16. The molecule has 0 fully saturated rings. The number of aryl methyl sites for hydroxylation is 1. The average molecular weight is 522 g/mol. The number of ketones is 1. The highest BCUT2D eigenvalue weighted by molar-refractivity contribution is 9.10. The van der Waals surface area contributed by atoms with E-state index in [0.29, 0.717) is 39.8 Å². The van der Waals surface area contributed by atoms with Gasteiger partial charge in [0.25, 0.3) is 0 Å². The summed E-state index contributed by atoms with van der Waals surface area (Å²) in [4.78, 5) is 42.6. The summed E-state index contributed by atoms with van der Waals surface area (Å²) in [5.74, 6) is -1.31. The molecule has 0 aromatic heterocycles. The zero-order valence-corrected chi connectivity index (χ0v) is 20.7. The highest BCUT2D eigenvalue weighted by Gasteiger charge is 2.62. The molecule has 2 aliphatic heterocycles. The van der Waals surface area contributed by atoms with Crippen LogP contribution in [-0.2, 0) is 24.5 Å². The summed E-state index contributed by atoms with van der Waals surface area (Å²) in [5.41, 5.74) is 9.83. The number of hydrogen-bond donors (Lipinski definition) is 2. The first-order valence-corrected chi connectivity index (χ1v) is 11.9. The van der Waals surface area contributed by atoms with E-state index < -0.39 is 17.3 Å². The number of allylic oxidation sites excluding steroid dienone is 1. The van der Waals surface area contributed by atoms with E-state index >= 15 is 0 Å². The van der Waals surface area contributed by atoms with E-state index in [-0.39, 0.29) is 23.6 Å². The van der Waals surface area contributed by atoms with Gasteiger partial charge in [-0.25, -0.2) is 4.79 Å². The van der Waals surface area contributed by atoms with Crippen molar-refractivity contribution in [2.45, 2.75) is 38.5 Å². The minimum Gasteiger partial charge on any atom is -0.466 e. The number of esters is 1. The number of fused-ring (bicyclic) bond motifs is 3. The van der Waals surface area contributed by atoms with Crippen LogP contribution in [0, 0.1) is 13.8 Å². The van der Waals surface area contributed by atoms with Gasteiger partial charge in [0.1, 0.15) is 16.8 Å². The van der Waals surface area contributed by atoms with Crippen LogP contribution >= 0.6 is 15.9 Å². The Bertz CT molecular complexity index is 1360. The molecule has 1 amide bonds. The quantitative estimate of drug-likeness (QED) is 0.576. The molecule has 1 aliphatic carbocycles. The van der Waals surface area contributed by atoms with E-state index in [1.54, 1.807) is 23.1 Å². The summed E-state index contributed by atoms with van der Waals surface area (Å²) in [6.45, 7) is 3.96. The molecule has 8 heteroatoms. The Morgan fingerprint density at radius 3 is 2.68 bits per heavy atom. The fraction of sp³-hybridized carbons (Fsp3) is 0.269. The fourth-order valence-corrected chi connectivity index (χ4v) is 5.80. The molecule has 5 rings (SSSR count). The maximum absolute atomic E-state index is 13.8. The molecule has 7 nitrogen and oxygen atoms in total. The largest absolute Gasteiger partial charge is 0.466 e. The zero-order chi connectivity index (χ0) is 24.4. The normalized spacial score (nSPS) is 21.6. The molecule has 2 heterocycles. The summed E-state index contributed by atoms with van der Waals surface area (Å²) >= 11 is 3.48. The van der Waals surface area contributed by atoms with Crippen LogP contribution in [0.25, 0.3) is 0 Å². The lowest BCUT2D eigenvalue weighted by molar-refractivity contribution is -0.138. The number of carbonyl (C=O) groups excluding carboxylic acids is 3. The van der Waals surface area contributed by atoms with E-state index in [9.17, 15) is 14.4 Å². The van der Waals surface area contributed by atoms with Crippen molar-refractivity contribution < 1.29 is 19.1 Å². The van der Waals surface area contributed by atoms with E-state index in [4.69, 9.17) is 10.5 Å². The van der Waals surface area contributed by atoms with Crippen molar-refractivity contribution >= 4 is 45.0 Å². The van der Waals surface area contributed by atoms with Crippen molar-refractivity contribution in [3.8, 4) is 0 Å². The number of nitrogens with one attached hydrogen (secondary N) is 1. The Morgan fingerprint density at radius 2 is 1.94 bits per heavy atom. The Hall–Kier alpha value is -3.39. The Morgan fingerprint density at radius 1 is 1.18 bits per heavy atom. The van der Waals surface area contributed by atoms with Gasteiger partial charge in [-0.2, -0.15) is 0 Å². The number of Topliss-reactive ketones (excluding diaryl/α,β-unsaturated/α-hetero) is 1. The van der Waals surface area contributed by atoms with Gasteiger partial charge in [-0.3, -0.25) is 14.5 Å². The summed E-state index contributed by atoms with van der Waals surface area (Å²) in [7, 11) is 1.25. The molecule has 0 saturated heterocycles. The number of nitrogens with zero attached hydrogens (tertiary/aromatic N) is 1. The molecular weight excluding hydrogens is 498 g/mol. The summed E-state index contributed by atoms with van der Waals surface area (Å²) in [6.07, 6.45) is 1.46. The van der Waals surface area contributed by atoms with Gasteiger partial charge in [0.05, 0.1) is 12.8 Å². The SMILES string of the molecule is COC(=O)C1=C(N)N(c2cccc(C)c2C)C2=C(C(=O)CCC2)C12C(=O)Nc1ccc(Br)cc12. The number of ether oxygens (including phenoxy) is 1. The van der Waals surface area contributed by atoms with Crippen molar-refractivity contribution in [3.05, 3.63) is 80.2 Å². The molecule has 0 saturated carbocycles. The van der Waals surface area contributed by atoms with Crippen LogP contribution < -0.4 is 16.0 Å². The number of anilines is 2. The maximum atomic E-state index is 13.8. The molecular formula is C26H24BrN3O4. The van der Waals surface area contributed by atoms with Gasteiger partial charge >= 0.3 is 5.97 Å². The van der Waals surface area contributed by atoms with E-state index in [2.05, 4.69) is 21.2 Å². The topological polar surface area (TPSA) is 102 Å². The lowest BCUT2D eigenvalue weighted by Crippen LogP contribution is -2.53. The predicted octanol–water partition coefficient (Wildman–Crippen LogP) is 4.13. The van der Waals surface area contributed by atoms with Gasteiger partial charge in [0.15, 0.2) is 5.78 Å². The second kappa shape index (κ2) is 7.84. The minimum absolute atomic E-state index is 0.0424. The predicted molar refractivity (Wildman–Crippen MR) is 132 cm³/mol. The van der Waals surface area contributed by atoms with Gasteiger partial charge in [0, 0.05) is 33.4 Å². The van der Waals surface area contributed by atoms with Crippen molar-refractivity contribution in [1.82, 2.24) is 0 Å². The number of halogens is 1. The monoisotopic (exact) mass is 521 g/mol. The van der Waals surface area contributed by atoms with Gasteiger partial charge in [-0.1, -0.05) is 28.1 Å². The fourth-order valence-electron chi connectivity index (χ4n) is 5.43. The summed E-state index contributed by atoms with van der Waals surface area (Å²) < 4.78 is 5.88. The lowest BCUT2D eigenvalue weighted by Gasteiger charge is -2.44. The second-order valence-electron chi connectivity index (χ2n) is 8.80. The maximum Gasteiger partial charge on any atom is 0.339 e. The van der Waals surface area contributed by atoms with Crippen LogP contribution in [0.5, 0.6) is 0 Å². The van der Waals surface area contributed by atoms with Gasteiger partial charge < -0.3 is 15.8 Å². The Labute approximate surface area is 205 Å². The number of carbonyl (C=O) groups is 3. The number of amides is 1. The third kappa shape index (κ3) is 2.84. The van der Waals surface area contributed by atoms with E-state index in [1.165, 1.54) is 7.11 Å². The van der Waals surface area contributed by atoms with Crippen LogP contribution in [0.4, 0.5) is 11.4 Å². The molecule has 2 aromatic rings. The number of rotatable bonds is 2. The number of hydrogen-bond acceptors (Lipinski definition) is 6. The molecule has 2 aromatic carbocycles. The summed E-state index contributed by atoms with van der Waals surface area (Å²) in [6, 6.07) is 11.1. The van der Waals surface area contributed by atoms with E-state index in [0.717, 1.165) is 16.8 Å². The molecule has 1 spiro atoms. The van der Waals surface area contributed by atoms with Crippen LogP contribution in [0.2, 0.25) is 0 Å². The number of nitrogens with two attached hydrogens (primary N) is 1. The molecule has 34 heavy (non-hydrogen) atoms. The van der Waals surface area contributed by atoms with Gasteiger partial charge in [-0.15, -0.1) is 0 Å². The molecule has 1 atom stereocenters. The number of benzene rings is 2. The van der Waals surface area contributed by atoms with E-state index in [1.807, 2.05) is 32.0 Å². The standard InChI is InChI=1S/C26H24BrN3O4/c1-13-6-4-7-18(14(13)2)30-19-8-5-9-20(31)21(19)26(22(23(30)28)24(32)34-3)16-12-15(27)10-11-17(16)29-25(26)33/h4,6-7,10-12H,5,8-9,28H2,1-3H3,(H,29,33). The van der Waals surface area contributed by atoms with Crippen LogP contribution in [0.15, 0.2) is 63.5 Å². The first-order chi connectivity index (χ1) is 16.2. The smallest absolute Gasteiger partial charge is 0.339 e.